The highest BCUT2D eigenvalue weighted by Crippen LogP contribution is 2.44. The molecule has 0 spiro atoms. The Morgan fingerprint density at radius 1 is 0.935 bits per heavy atom. The fraction of sp³-hybridized carbons (Fsp3) is 0.348. The Kier molecular flexibility index (Phi) is 5.07. The normalized spacial score (nSPS) is 19.5. The average molecular weight is 428 g/mol. The summed E-state index contributed by atoms with van der Waals surface area (Å²) in [6, 6.07) is 6.44. The van der Waals surface area contributed by atoms with Crippen LogP contribution in [0.1, 0.15) is 25.5 Å². The number of rotatable bonds is 4. The lowest BCUT2D eigenvalue weighted by molar-refractivity contribution is -0.111. The molecule has 0 bridgehead atoms. The molecule has 2 aromatic carbocycles. The summed E-state index contributed by atoms with van der Waals surface area (Å²) < 4.78 is 27.7. The molecule has 0 unspecified atom stereocenters. The smallest absolute Gasteiger partial charge is 0.200 e. The summed E-state index contributed by atoms with van der Waals surface area (Å²) in [5.74, 6) is 1.65. The van der Waals surface area contributed by atoms with Gasteiger partial charge in [0.15, 0.2) is 11.5 Å². The Hall–Kier alpha value is -3.23. The molecule has 2 atom stereocenters. The van der Waals surface area contributed by atoms with Crippen molar-refractivity contribution in [2.45, 2.75) is 31.7 Å². The molecule has 0 radical (unpaired) electrons. The van der Waals surface area contributed by atoms with E-state index in [1.165, 1.54) is 27.6 Å². The van der Waals surface area contributed by atoms with E-state index in [1.54, 1.807) is 38.1 Å². The van der Waals surface area contributed by atoms with Gasteiger partial charge in [0.1, 0.15) is 41.2 Å². The molecule has 1 aliphatic heterocycles. The molecule has 1 aromatic heterocycles. The first-order valence-corrected chi connectivity index (χ1v) is 9.67. The van der Waals surface area contributed by atoms with Crippen molar-refractivity contribution in [2.75, 3.05) is 21.3 Å². The van der Waals surface area contributed by atoms with Crippen molar-refractivity contribution in [2.24, 2.45) is 0 Å². The number of aliphatic hydroxyl groups excluding tert-OH is 2. The minimum Gasteiger partial charge on any atom is -0.496 e. The summed E-state index contributed by atoms with van der Waals surface area (Å²) in [6.07, 6.45) is -1.17. The molecule has 0 saturated carbocycles. The predicted octanol–water partition coefficient (Wildman–Crippen LogP) is 3.05. The fourth-order valence-electron chi connectivity index (χ4n) is 3.88. The van der Waals surface area contributed by atoms with Gasteiger partial charge in [-0.15, -0.1) is 0 Å². The van der Waals surface area contributed by atoms with Gasteiger partial charge in [0.2, 0.25) is 5.43 Å². The largest absolute Gasteiger partial charge is 0.496 e. The minimum absolute atomic E-state index is 0.160. The molecule has 3 aromatic rings. The van der Waals surface area contributed by atoms with Crippen LogP contribution in [0.25, 0.3) is 22.1 Å². The minimum atomic E-state index is -1.27. The number of fused-ring (bicyclic) bond motifs is 3. The fourth-order valence-corrected chi connectivity index (χ4v) is 3.88. The molecule has 2 N–H and O–H groups in total. The van der Waals surface area contributed by atoms with Crippen LogP contribution in [0, 0.1) is 0 Å². The Morgan fingerprint density at radius 2 is 1.58 bits per heavy atom. The number of methoxy groups -OCH3 is 3. The van der Waals surface area contributed by atoms with Gasteiger partial charge in [-0.1, -0.05) is 0 Å². The highest BCUT2D eigenvalue weighted by Gasteiger charge is 2.43. The third-order valence-electron chi connectivity index (χ3n) is 5.62. The number of hydrogen-bond acceptors (Lipinski definition) is 8. The average Bonchev–Trinajstić information content (AvgIpc) is 2.76. The first-order chi connectivity index (χ1) is 14.7. The lowest BCUT2D eigenvalue weighted by Gasteiger charge is -2.39. The monoisotopic (exact) mass is 428 g/mol. The predicted molar refractivity (Wildman–Crippen MR) is 113 cm³/mol. The first kappa shape index (κ1) is 21.0. The van der Waals surface area contributed by atoms with Crippen LogP contribution in [0.3, 0.4) is 0 Å². The topological polar surface area (TPSA) is 108 Å². The zero-order valence-electron chi connectivity index (χ0n) is 17.9. The van der Waals surface area contributed by atoms with Gasteiger partial charge < -0.3 is 33.6 Å². The van der Waals surface area contributed by atoms with E-state index in [2.05, 4.69) is 0 Å². The molecular formula is C23H24O8. The van der Waals surface area contributed by atoms with Crippen molar-refractivity contribution < 1.29 is 33.6 Å². The summed E-state index contributed by atoms with van der Waals surface area (Å²) in [5, 5.41) is 21.4. The van der Waals surface area contributed by atoms with Gasteiger partial charge in [0, 0.05) is 11.6 Å². The van der Waals surface area contributed by atoms with Gasteiger partial charge in [-0.25, -0.2) is 0 Å². The summed E-state index contributed by atoms with van der Waals surface area (Å²) in [5.41, 5.74) is -0.210. The summed E-state index contributed by atoms with van der Waals surface area (Å²) >= 11 is 0. The maximum Gasteiger partial charge on any atom is 0.200 e. The van der Waals surface area contributed by atoms with Gasteiger partial charge in [-0.05, 0) is 32.0 Å². The van der Waals surface area contributed by atoms with E-state index in [4.69, 9.17) is 23.4 Å². The maximum absolute atomic E-state index is 13.4. The van der Waals surface area contributed by atoms with Crippen LogP contribution in [0.5, 0.6) is 23.0 Å². The number of aliphatic hydroxyl groups is 2. The van der Waals surface area contributed by atoms with Crippen LogP contribution < -0.4 is 24.4 Å². The first-order valence-electron chi connectivity index (χ1n) is 9.67. The molecule has 0 amide bonds. The number of benzene rings is 2. The van der Waals surface area contributed by atoms with Crippen molar-refractivity contribution >= 4 is 11.0 Å². The lowest BCUT2D eigenvalue weighted by atomic mass is 9.87. The van der Waals surface area contributed by atoms with Crippen LogP contribution in [-0.2, 0) is 0 Å². The van der Waals surface area contributed by atoms with Crippen LogP contribution in [-0.4, -0.2) is 43.2 Å². The van der Waals surface area contributed by atoms with E-state index in [-0.39, 0.29) is 27.5 Å². The third kappa shape index (κ3) is 3.19. The number of ether oxygens (including phenoxy) is 4. The second-order valence-corrected chi connectivity index (χ2v) is 7.84. The molecule has 4 rings (SSSR count). The maximum atomic E-state index is 13.4. The van der Waals surface area contributed by atoms with Crippen molar-refractivity contribution in [3.05, 3.63) is 46.3 Å². The molecule has 2 heterocycles. The van der Waals surface area contributed by atoms with E-state index in [0.29, 0.717) is 28.6 Å². The van der Waals surface area contributed by atoms with Gasteiger partial charge in [-0.2, -0.15) is 0 Å². The molecule has 1 aliphatic rings. The second-order valence-electron chi connectivity index (χ2n) is 7.84. The molecule has 0 fully saturated rings. The van der Waals surface area contributed by atoms with Gasteiger partial charge >= 0.3 is 0 Å². The van der Waals surface area contributed by atoms with Gasteiger partial charge in [-0.3, -0.25) is 4.79 Å². The Bertz CT molecular complexity index is 1210. The van der Waals surface area contributed by atoms with E-state index in [0.717, 1.165) is 0 Å². The molecular weight excluding hydrogens is 404 g/mol. The Balaban J connectivity index is 1.95. The lowest BCUT2D eigenvalue weighted by Crippen LogP contribution is -2.48. The quantitative estimate of drug-likeness (QED) is 0.653. The van der Waals surface area contributed by atoms with E-state index >= 15 is 0 Å². The molecule has 0 saturated heterocycles. The van der Waals surface area contributed by atoms with Gasteiger partial charge in [0.25, 0.3) is 0 Å². The Labute approximate surface area is 178 Å². The van der Waals surface area contributed by atoms with Crippen LogP contribution in [0.4, 0.5) is 0 Å². The SMILES string of the molecule is COc1cc(OC)c(-c2coc3c4c(ccc3c2=O)OC(C)(C)[C@@H](O)[C@H]4O)cc1OC. The summed E-state index contributed by atoms with van der Waals surface area (Å²) in [7, 11) is 4.49. The van der Waals surface area contributed by atoms with Crippen molar-refractivity contribution in [1.82, 2.24) is 0 Å². The standard InChI is InChI=1S/C23H24O8/c1-23(2)22(26)20(25)18-14(31-23)7-6-11-19(24)13(10-30-21(11)18)12-8-16(28-4)17(29-5)9-15(12)27-3/h6-10,20,22,25-26H,1-5H3/t20-,22-/m0/s1. The Morgan fingerprint density at radius 3 is 2.23 bits per heavy atom. The van der Waals surface area contributed by atoms with Crippen molar-refractivity contribution in [1.29, 1.82) is 0 Å². The van der Waals surface area contributed by atoms with Crippen LogP contribution in [0.15, 0.2) is 39.7 Å². The molecule has 31 heavy (non-hydrogen) atoms. The highest BCUT2D eigenvalue weighted by molar-refractivity contribution is 5.87. The van der Waals surface area contributed by atoms with E-state index in [9.17, 15) is 15.0 Å². The second kappa shape index (κ2) is 7.47. The third-order valence-corrected chi connectivity index (χ3v) is 5.62. The van der Waals surface area contributed by atoms with Gasteiger partial charge in [0.05, 0.1) is 37.8 Å². The summed E-state index contributed by atoms with van der Waals surface area (Å²) in [4.78, 5) is 13.4. The molecule has 8 nitrogen and oxygen atoms in total. The van der Waals surface area contributed by atoms with E-state index in [1.807, 2.05) is 0 Å². The summed E-state index contributed by atoms with van der Waals surface area (Å²) in [6.45, 7) is 3.35. The van der Waals surface area contributed by atoms with Crippen molar-refractivity contribution in [3.63, 3.8) is 0 Å². The molecule has 0 aliphatic carbocycles. The van der Waals surface area contributed by atoms with Crippen LogP contribution >= 0.6 is 0 Å². The van der Waals surface area contributed by atoms with E-state index < -0.39 is 17.8 Å². The molecule has 8 heteroatoms. The highest BCUT2D eigenvalue weighted by atomic mass is 16.5. The molecule has 164 valence electrons. The van der Waals surface area contributed by atoms with Crippen molar-refractivity contribution in [3.8, 4) is 34.1 Å². The zero-order valence-corrected chi connectivity index (χ0v) is 17.9. The zero-order chi connectivity index (χ0) is 22.5. The number of hydrogen-bond donors (Lipinski definition) is 2. The van der Waals surface area contributed by atoms with Crippen LogP contribution in [0.2, 0.25) is 0 Å².